The molecule has 6 nitrogen and oxygen atoms in total. The molecule has 0 spiro atoms. The molecule has 0 aliphatic carbocycles. The summed E-state index contributed by atoms with van der Waals surface area (Å²) in [5.74, 6) is 0.0156. The molecule has 1 aliphatic rings. The molecule has 0 saturated carbocycles. The van der Waals surface area contributed by atoms with Crippen molar-refractivity contribution in [1.82, 2.24) is 9.80 Å². The van der Waals surface area contributed by atoms with E-state index in [1.54, 1.807) is 9.80 Å². The number of rotatable bonds is 4. The second kappa shape index (κ2) is 6.10. The SMILES string of the molecule is COCC(=O)N1CCN(C(=O)C(C)(C)C(C)(C)N)CC1. The fraction of sp³-hybridized carbons (Fsp3) is 0.857. The minimum Gasteiger partial charge on any atom is -0.375 e. The molecule has 0 radical (unpaired) electrons. The molecule has 2 amide bonds. The Bertz CT molecular complexity index is 366. The van der Waals surface area contributed by atoms with Crippen molar-refractivity contribution in [2.24, 2.45) is 11.1 Å². The van der Waals surface area contributed by atoms with Crippen molar-refractivity contribution >= 4 is 11.8 Å². The lowest BCUT2D eigenvalue weighted by atomic mass is 9.74. The monoisotopic (exact) mass is 285 g/mol. The highest BCUT2D eigenvalue weighted by molar-refractivity contribution is 5.84. The molecule has 1 fully saturated rings. The molecule has 0 atom stereocenters. The number of nitrogens with zero attached hydrogens (tertiary/aromatic N) is 2. The van der Waals surface area contributed by atoms with Gasteiger partial charge in [-0.2, -0.15) is 0 Å². The van der Waals surface area contributed by atoms with Crippen molar-refractivity contribution < 1.29 is 14.3 Å². The zero-order valence-corrected chi connectivity index (χ0v) is 13.2. The molecule has 1 rings (SSSR count). The molecule has 1 saturated heterocycles. The van der Waals surface area contributed by atoms with Crippen LogP contribution in [0.25, 0.3) is 0 Å². The average Bonchev–Trinajstić information content (AvgIpc) is 2.37. The van der Waals surface area contributed by atoms with Crippen molar-refractivity contribution in [3.05, 3.63) is 0 Å². The molecule has 1 aliphatic heterocycles. The molecule has 0 aromatic heterocycles. The minimum absolute atomic E-state index is 0.0296. The Morgan fingerprint density at radius 2 is 1.50 bits per heavy atom. The van der Waals surface area contributed by atoms with Crippen LogP contribution >= 0.6 is 0 Å². The van der Waals surface area contributed by atoms with Crippen LogP contribution in [0.5, 0.6) is 0 Å². The van der Waals surface area contributed by atoms with Crippen molar-refractivity contribution in [3.63, 3.8) is 0 Å². The van der Waals surface area contributed by atoms with Gasteiger partial charge >= 0.3 is 0 Å². The molecule has 6 heteroatoms. The Hall–Kier alpha value is -1.14. The van der Waals surface area contributed by atoms with Gasteiger partial charge in [0.25, 0.3) is 0 Å². The van der Waals surface area contributed by atoms with E-state index in [9.17, 15) is 9.59 Å². The van der Waals surface area contributed by atoms with Gasteiger partial charge in [0.1, 0.15) is 6.61 Å². The highest BCUT2D eigenvalue weighted by Crippen LogP contribution is 2.30. The number of hydrogen-bond donors (Lipinski definition) is 1. The van der Waals surface area contributed by atoms with Crippen LogP contribution in [0.15, 0.2) is 0 Å². The Kier molecular flexibility index (Phi) is 5.15. The van der Waals surface area contributed by atoms with Crippen LogP contribution in [0.4, 0.5) is 0 Å². The van der Waals surface area contributed by atoms with Gasteiger partial charge in [0.05, 0.1) is 5.41 Å². The standard InChI is InChI=1S/C14H27N3O3/c1-13(2,14(3,4)15)12(19)17-8-6-16(7-9-17)11(18)10-20-5/h6-10,15H2,1-5H3. The number of ether oxygens (including phenoxy) is 1. The number of piperazine rings is 1. The quantitative estimate of drug-likeness (QED) is 0.793. The van der Waals surface area contributed by atoms with E-state index in [2.05, 4.69) is 0 Å². The first-order valence-corrected chi connectivity index (χ1v) is 6.96. The fourth-order valence-corrected chi connectivity index (χ4v) is 2.04. The number of nitrogens with two attached hydrogens (primary N) is 1. The van der Waals surface area contributed by atoms with Gasteiger partial charge in [-0.1, -0.05) is 0 Å². The summed E-state index contributed by atoms with van der Waals surface area (Å²) in [5, 5.41) is 0. The van der Waals surface area contributed by atoms with Gasteiger partial charge in [-0.05, 0) is 27.7 Å². The van der Waals surface area contributed by atoms with Gasteiger partial charge in [0.2, 0.25) is 11.8 Å². The predicted molar refractivity (Wildman–Crippen MR) is 77.1 cm³/mol. The highest BCUT2D eigenvalue weighted by Gasteiger charge is 2.43. The summed E-state index contributed by atoms with van der Waals surface area (Å²) in [6, 6.07) is 0. The van der Waals surface area contributed by atoms with E-state index in [1.807, 2.05) is 27.7 Å². The van der Waals surface area contributed by atoms with E-state index in [-0.39, 0.29) is 18.4 Å². The topological polar surface area (TPSA) is 75.9 Å². The zero-order chi connectivity index (χ0) is 15.6. The molecule has 0 aromatic carbocycles. The van der Waals surface area contributed by atoms with Crippen LogP contribution in [0.2, 0.25) is 0 Å². The van der Waals surface area contributed by atoms with E-state index >= 15 is 0 Å². The van der Waals surface area contributed by atoms with Crippen molar-refractivity contribution in [2.45, 2.75) is 33.2 Å². The third-order valence-electron chi connectivity index (χ3n) is 4.33. The number of carbonyl (C=O) groups is 2. The van der Waals surface area contributed by atoms with Crippen LogP contribution < -0.4 is 5.73 Å². The molecule has 0 aromatic rings. The van der Waals surface area contributed by atoms with Crippen LogP contribution in [0.3, 0.4) is 0 Å². The predicted octanol–water partition coefficient (Wildman–Crippen LogP) is 0.0671. The van der Waals surface area contributed by atoms with Gasteiger partial charge < -0.3 is 20.3 Å². The zero-order valence-electron chi connectivity index (χ0n) is 13.2. The smallest absolute Gasteiger partial charge is 0.248 e. The molecular formula is C14H27N3O3. The third kappa shape index (κ3) is 3.49. The summed E-state index contributed by atoms with van der Waals surface area (Å²) in [7, 11) is 1.50. The highest BCUT2D eigenvalue weighted by atomic mass is 16.5. The Morgan fingerprint density at radius 3 is 1.90 bits per heavy atom. The van der Waals surface area contributed by atoms with E-state index in [0.717, 1.165) is 0 Å². The summed E-state index contributed by atoms with van der Waals surface area (Å²) in [4.78, 5) is 27.8. The van der Waals surface area contributed by atoms with Crippen LogP contribution in [-0.2, 0) is 14.3 Å². The van der Waals surface area contributed by atoms with E-state index in [0.29, 0.717) is 26.2 Å². The maximum Gasteiger partial charge on any atom is 0.248 e. The molecule has 20 heavy (non-hydrogen) atoms. The van der Waals surface area contributed by atoms with Gasteiger partial charge in [-0.25, -0.2) is 0 Å². The lowest BCUT2D eigenvalue weighted by molar-refractivity contribution is -0.149. The Balaban J connectivity index is 2.62. The Morgan fingerprint density at radius 1 is 1.05 bits per heavy atom. The van der Waals surface area contributed by atoms with Gasteiger partial charge in [-0.15, -0.1) is 0 Å². The molecule has 1 heterocycles. The molecule has 116 valence electrons. The average molecular weight is 285 g/mol. The fourth-order valence-electron chi connectivity index (χ4n) is 2.04. The number of methoxy groups -OCH3 is 1. The number of carbonyl (C=O) groups excluding carboxylic acids is 2. The van der Waals surface area contributed by atoms with Gasteiger partial charge in [-0.3, -0.25) is 9.59 Å². The van der Waals surface area contributed by atoms with Crippen LogP contribution in [-0.4, -0.2) is 67.0 Å². The van der Waals surface area contributed by atoms with Gasteiger partial charge in [0.15, 0.2) is 0 Å². The molecular weight excluding hydrogens is 258 g/mol. The first-order chi connectivity index (χ1) is 9.11. The van der Waals surface area contributed by atoms with E-state index in [1.165, 1.54) is 7.11 Å². The van der Waals surface area contributed by atoms with Crippen molar-refractivity contribution in [3.8, 4) is 0 Å². The number of amides is 2. The lowest BCUT2D eigenvalue weighted by Crippen LogP contribution is -2.60. The largest absolute Gasteiger partial charge is 0.375 e. The van der Waals surface area contributed by atoms with Crippen molar-refractivity contribution in [2.75, 3.05) is 39.9 Å². The molecule has 0 unspecified atom stereocenters. The molecule has 2 N–H and O–H groups in total. The van der Waals surface area contributed by atoms with E-state index in [4.69, 9.17) is 10.5 Å². The first kappa shape index (κ1) is 16.9. The first-order valence-electron chi connectivity index (χ1n) is 6.96. The van der Waals surface area contributed by atoms with E-state index < -0.39 is 11.0 Å². The summed E-state index contributed by atoms with van der Waals surface area (Å²) in [5.41, 5.74) is 4.88. The summed E-state index contributed by atoms with van der Waals surface area (Å²) < 4.78 is 4.84. The second-order valence-corrected chi connectivity index (χ2v) is 6.45. The van der Waals surface area contributed by atoms with Crippen molar-refractivity contribution in [1.29, 1.82) is 0 Å². The summed E-state index contributed by atoms with van der Waals surface area (Å²) >= 11 is 0. The third-order valence-corrected chi connectivity index (χ3v) is 4.33. The second-order valence-electron chi connectivity index (χ2n) is 6.45. The maximum atomic E-state index is 12.6. The normalized spacial score (nSPS) is 17.3. The van der Waals surface area contributed by atoms with Gasteiger partial charge in [0, 0.05) is 38.8 Å². The lowest BCUT2D eigenvalue weighted by Gasteiger charge is -2.43. The Labute approximate surface area is 121 Å². The number of hydrogen-bond acceptors (Lipinski definition) is 4. The maximum absolute atomic E-state index is 12.6. The van der Waals surface area contributed by atoms with Crippen LogP contribution in [0.1, 0.15) is 27.7 Å². The van der Waals surface area contributed by atoms with Crippen LogP contribution in [0, 0.1) is 5.41 Å². The summed E-state index contributed by atoms with van der Waals surface area (Å²) in [6.45, 7) is 9.77. The minimum atomic E-state index is -0.633. The summed E-state index contributed by atoms with van der Waals surface area (Å²) in [6.07, 6.45) is 0. The molecule has 0 bridgehead atoms.